The summed E-state index contributed by atoms with van der Waals surface area (Å²) in [6.45, 7) is 2.21. The van der Waals surface area contributed by atoms with Crippen LogP contribution in [0.25, 0.3) is 0 Å². The number of hydrogen-bond acceptors (Lipinski definition) is 3. The van der Waals surface area contributed by atoms with Gasteiger partial charge in [0, 0.05) is 6.42 Å². The Labute approximate surface area is 91.2 Å². The van der Waals surface area contributed by atoms with E-state index in [2.05, 4.69) is 0 Å². The van der Waals surface area contributed by atoms with Crippen LogP contribution in [0.3, 0.4) is 0 Å². The molecule has 3 heteroatoms. The maximum absolute atomic E-state index is 11.7. The Morgan fingerprint density at radius 2 is 2.07 bits per heavy atom. The zero-order valence-electron chi connectivity index (χ0n) is 9.41. The standard InChI is InChI=1S/C12H20O3/c1-2-15-12(14)11(8-9-13)10-6-4-3-5-7-10/h9-11H,2-8H2,1H3. The van der Waals surface area contributed by atoms with Crippen molar-refractivity contribution in [1.82, 2.24) is 0 Å². The van der Waals surface area contributed by atoms with Crippen molar-refractivity contribution in [3.8, 4) is 0 Å². The van der Waals surface area contributed by atoms with Gasteiger partial charge in [0.2, 0.25) is 0 Å². The maximum atomic E-state index is 11.7. The second-order valence-electron chi connectivity index (χ2n) is 4.16. The molecule has 1 saturated carbocycles. The van der Waals surface area contributed by atoms with Gasteiger partial charge < -0.3 is 9.53 Å². The van der Waals surface area contributed by atoms with Crippen LogP contribution in [0.5, 0.6) is 0 Å². The molecule has 1 unspecified atom stereocenters. The van der Waals surface area contributed by atoms with E-state index >= 15 is 0 Å². The van der Waals surface area contributed by atoms with Gasteiger partial charge in [0.05, 0.1) is 12.5 Å². The molecule has 1 rings (SSSR count). The molecule has 1 fully saturated rings. The average molecular weight is 212 g/mol. The number of carbonyl (C=O) groups excluding carboxylic acids is 2. The smallest absolute Gasteiger partial charge is 0.309 e. The first-order valence-corrected chi connectivity index (χ1v) is 5.89. The van der Waals surface area contributed by atoms with Crippen molar-refractivity contribution in [3.05, 3.63) is 0 Å². The first-order chi connectivity index (χ1) is 7.29. The number of rotatable bonds is 5. The average Bonchev–Trinajstić information content (AvgIpc) is 2.27. The highest BCUT2D eigenvalue weighted by atomic mass is 16.5. The van der Waals surface area contributed by atoms with Crippen LogP contribution in [-0.4, -0.2) is 18.9 Å². The summed E-state index contributed by atoms with van der Waals surface area (Å²) >= 11 is 0. The van der Waals surface area contributed by atoms with E-state index < -0.39 is 0 Å². The van der Waals surface area contributed by atoms with Crippen molar-refractivity contribution < 1.29 is 14.3 Å². The third kappa shape index (κ3) is 3.65. The topological polar surface area (TPSA) is 43.4 Å². The minimum Gasteiger partial charge on any atom is -0.466 e. The van der Waals surface area contributed by atoms with E-state index in [4.69, 9.17) is 4.74 Å². The Morgan fingerprint density at radius 1 is 1.40 bits per heavy atom. The highest BCUT2D eigenvalue weighted by molar-refractivity contribution is 5.75. The Kier molecular flexibility index (Phi) is 5.37. The predicted octanol–water partition coefficient (Wildman–Crippen LogP) is 2.33. The predicted molar refractivity (Wildman–Crippen MR) is 57.4 cm³/mol. The Balaban J connectivity index is 2.54. The fourth-order valence-corrected chi connectivity index (χ4v) is 2.37. The van der Waals surface area contributed by atoms with Crippen molar-refractivity contribution in [3.63, 3.8) is 0 Å². The third-order valence-corrected chi connectivity index (χ3v) is 3.16. The van der Waals surface area contributed by atoms with Crippen LogP contribution in [-0.2, 0) is 14.3 Å². The van der Waals surface area contributed by atoms with Gasteiger partial charge in [-0.3, -0.25) is 4.79 Å². The Morgan fingerprint density at radius 3 is 2.60 bits per heavy atom. The van der Waals surface area contributed by atoms with Gasteiger partial charge in [-0.25, -0.2) is 0 Å². The zero-order valence-corrected chi connectivity index (χ0v) is 9.41. The summed E-state index contributed by atoms with van der Waals surface area (Å²) < 4.78 is 5.01. The molecule has 0 aliphatic heterocycles. The molecule has 3 nitrogen and oxygen atoms in total. The molecule has 0 bridgehead atoms. The van der Waals surface area contributed by atoms with Crippen LogP contribution in [0.4, 0.5) is 0 Å². The van der Waals surface area contributed by atoms with Crippen molar-refractivity contribution in [2.24, 2.45) is 11.8 Å². The molecule has 0 radical (unpaired) electrons. The molecule has 0 heterocycles. The highest BCUT2D eigenvalue weighted by Gasteiger charge is 2.29. The van der Waals surface area contributed by atoms with Crippen LogP contribution in [0.1, 0.15) is 45.4 Å². The largest absolute Gasteiger partial charge is 0.466 e. The quantitative estimate of drug-likeness (QED) is 0.519. The molecule has 0 amide bonds. The fraction of sp³-hybridized carbons (Fsp3) is 0.833. The first kappa shape index (κ1) is 12.2. The van der Waals surface area contributed by atoms with Gasteiger partial charge in [-0.05, 0) is 25.7 Å². The number of esters is 1. The van der Waals surface area contributed by atoms with Crippen LogP contribution in [0.15, 0.2) is 0 Å². The second kappa shape index (κ2) is 6.59. The Hall–Kier alpha value is -0.860. The van der Waals surface area contributed by atoms with Gasteiger partial charge in [0.25, 0.3) is 0 Å². The summed E-state index contributed by atoms with van der Waals surface area (Å²) in [4.78, 5) is 22.2. The summed E-state index contributed by atoms with van der Waals surface area (Å²) in [5, 5.41) is 0. The lowest BCUT2D eigenvalue weighted by atomic mass is 9.79. The zero-order chi connectivity index (χ0) is 11.1. The van der Waals surface area contributed by atoms with Gasteiger partial charge in [-0.2, -0.15) is 0 Å². The minimum atomic E-state index is -0.192. The molecule has 0 aromatic rings. The lowest BCUT2D eigenvalue weighted by Crippen LogP contribution is -2.28. The molecule has 0 N–H and O–H groups in total. The molecule has 1 aliphatic rings. The van der Waals surface area contributed by atoms with Crippen LogP contribution >= 0.6 is 0 Å². The van der Waals surface area contributed by atoms with Crippen molar-refractivity contribution in [2.75, 3.05) is 6.61 Å². The number of carbonyl (C=O) groups is 2. The van der Waals surface area contributed by atoms with E-state index in [0.29, 0.717) is 18.9 Å². The van der Waals surface area contributed by atoms with E-state index in [1.165, 1.54) is 19.3 Å². The molecule has 1 aliphatic carbocycles. The second-order valence-corrected chi connectivity index (χ2v) is 4.16. The fourth-order valence-electron chi connectivity index (χ4n) is 2.37. The summed E-state index contributed by atoms with van der Waals surface area (Å²) in [6, 6.07) is 0. The summed E-state index contributed by atoms with van der Waals surface area (Å²) in [6.07, 6.45) is 6.92. The van der Waals surface area contributed by atoms with E-state index in [0.717, 1.165) is 19.1 Å². The van der Waals surface area contributed by atoms with Gasteiger partial charge in [0.15, 0.2) is 0 Å². The minimum absolute atomic E-state index is 0.184. The van der Waals surface area contributed by atoms with Crippen molar-refractivity contribution in [1.29, 1.82) is 0 Å². The van der Waals surface area contributed by atoms with Gasteiger partial charge in [-0.1, -0.05) is 19.3 Å². The number of ether oxygens (including phenoxy) is 1. The SMILES string of the molecule is CCOC(=O)C(CC=O)C1CCCCC1. The highest BCUT2D eigenvalue weighted by Crippen LogP contribution is 2.32. The lowest BCUT2D eigenvalue weighted by molar-refractivity contribution is -0.151. The number of hydrogen-bond donors (Lipinski definition) is 0. The van der Waals surface area contributed by atoms with Gasteiger partial charge in [0.1, 0.15) is 6.29 Å². The molecule has 0 spiro atoms. The van der Waals surface area contributed by atoms with Gasteiger partial charge >= 0.3 is 5.97 Å². The summed E-state index contributed by atoms with van der Waals surface area (Å²) in [5.74, 6) is -0.0118. The van der Waals surface area contributed by atoms with Crippen LogP contribution in [0.2, 0.25) is 0 Å². The molecule has 86 valence electrons. The molecule has 0 saturated heterocycles. The van der Waals surface area contributed by atoms with Crippen LogP contribution in [0, 0.1) is 11.8 Å². The van der Waals surface area contributed by atoms with Gasteiger partial charge in [-0.15, -0.1) is 0 Å². The van der Waals surface area contributed by atoms with E-state index in [9.17, 15) is 9.59 Å². The van der Waals surface area contributed by atoms with Crippen molar-refractivity contribution in [2.45, 2.75) is 45.4 Å². The maximum Gasteiger partial charge on any atom is 0.309 e. The first-order valence-electron chi connectivity index (χ1n) is 5.89. The monoisotopic (exact) mass is 212 g/mol. The molecular weight excluding hydrogens is 192 g/mol. The number of aldehydes is 1. The normalized spacial score (nSPS) is 19.5. The molecule has 0 aromatic heterocycles. The van der Waals surface area contributed by atoms with Crippen molar-refractivity contribution >= 4 is 12.3 Å². The van der Waals surface area contributed by atoms with E-state index in [-0.39, 0.29) is 11.9 Å². The molecule has 0 aromatic carbocycles. The van der Waals surface area contributed by atoms with E-state index in [1.54, 1.807) is 6.92 Å². The summed E-state index contributed by atoms with van der Waals surface area (Å²) in [5.41, 5.74) is 0. The van der Waals surface area contributed by atoms with Crippen LogP contribution < -0.4 is 0 Å². The Bertz CT molecular complexity index is 207. The molecule has 15 heavy (non-hydrogen) atoms. The third-order valence-electron chi connectivity index (χ3n) is 3.16. The lowest BCUT2D eigenvalue weighted by Gasteiger charge is -2.27. The molecular formula is C12H20O3. The summed E-state index contributed by atoms with van der Waals surface area (Å²) in [7, 11) is 0. The van der Waals surface area contributed by atoms with E-state index in [1.807, 2.05) is 0 Å². The molecule has 1 atom stereocenters.